The Labute approximate surface area is 99.8 Å². The summed E-state index contributed by atoms with van der Waals surface area (Å²) in [6.45, 7) is 0. The molecule has 0 spiro atoms. The van der Waals surface area contributed by atoms with Gasteiger partial charge in [-0.05, 0) is 25.0 Å². The summed E-state index contributed by atoms with van der Waals surface area (Å²) in [5.41, 5.74) is 0.993. The van der Waals surface area contributed by atoms with Crippen LogP contribution in [0.3, 0.4) is 0 Å². The smallest absolute Gasteiger partial charge is 0.228 e. The fourth-order valence-corrected chi connectivity index (χ4v) is 4.04. The maximum atomic E-state index is 12.1. The van der Waals surface area contributed by atoms with E-state index in [2.05, 4.69) is 11.4 Å². The molecule has 0 saturated heterocycles. The molecule has 1 aliphatic carbocycles. The molecular weight excluding hydrogens is 218 g/mol. The highest BCUT2D eigenvalue weighted by atomic mass is 32.2. The van der Waals surface area contributed by atoms with Gasteiger partial charge in [0, 0.05) is 10.1 Å². The van der Waals surface area contributed by atoms with Crippen LogP contribution in [0.2, 0.25) is 0 Å². The summed E-state index contributed by atoms with van der Waals surface area (Å²) in [7, 11) is 0. The Bertz CT molecular complexity index is 418. The number of para-hydroxylation sites is 1. The third-order valence-corrected chi connectivity index (χ3v) is 4.94. The minimum absolute atomic E-state index is 0.214. The lowest BCUT2D eigenvalue weighted by atomic mass is 9.88. The largest absolute Gasteiger partial charge is 0.325 e. The predicted molar refractivity (Wildman–Crippen MR) is 66.7 cm³/mol. The molecule has 2 aliphatic rings. The van der Waals surface area contributed by atoms with Gasteiger partial charge in [0.1, 0.15) is 0 Å². The maximum Gasteiger partial charge on any atom is 0.228 e. The molecule has 1 fully saturated rings. The first-order valence-corrected chi connectivity index (χ1v) is 6.79. The number of hydrogen-bond acceptors (Lipinski definition) is 2. The first-order chi connectivity index (χ1) is 7.84. The predicted octanol–water partition coefficient (Wildman–Crippen LogP) is 3.29. The summed E-state index contributed by atoms with van der Waals surface area (Å²) in [5, 5.41) is 3.55. The van der Waals surface area contributed by atoms with Gasteiger partial charge in [0.05, 0.1) is 11.6 Å². The highest BCUT2D eigenvalue weighted by Crippen LogP contribution is 2.43. The second kappa shape index (κ2) is 4.13. The van der Waals surface area contributed by atoms with Gasteiger partial charge in [-0.25, -0.2) is 0 Å². The van der Waals surface area contributed by atoms with Crippen molar-refractivity contribution < 1.29 is 4.79 Å². The Morgan fingerprint density at radius 1 is 1.19 bits per heavy atom. The SMILES string of the molecule is O=C1Nc2ccccc2SC2CCCCC12. The molecule has 3 rings (SSSR count). The Morgan fingerprint density at radius 2 is 2.00 bits per heavy atom. The van der Waals surface area contributed by atoms with E-state index in [1.54, 1.807) is 0 Å². The van der Waals surface area contributed by atoms with E-state index in [4.69, 9.17) is 0 Å². The number of carbonyl (C=O) groups excluding carboxylic acids is 1. The average Bonchev–Trinajstić information content (AvgIpc) is 2.45. The van der Waals surface area contributed by atoms with Gasteiger partial charge in [0.25, 0.3) is 0 Å². The van der Waals surface area contributed by atoms with Crippen molar-refractivity contribution >= 4 is 23.4 Å². The lowest BCUT2D eigenvalue weighted by Gasteiger charge is -2.27. The Morgan fingerprint density at radius 3 is 2.94 bits per heavy atom. The molecule has 0 aromatic heterocycles. The number of anilines is 1. The number of amides is 1. The molecule has 0 bridgehead atoms. The van der Waals surface area contributed by atoms with Crippen LogP contribution in [0.25, 0.3) is 0 Å². The summed E-state index contributed by atoms with van der Waals surface area (Å²) in [6.07, 6.45) is 4.70. The monoisotopic (exact) mass is 233 g/mol. The molecule has 1 amide bonds. The summed E-state index contributed by atoms with van der Waals surface area (Å²) < 4.78 is 0. The van der Waals surface area contributed by atoms with Crippen molar-refractivity contribution in [3.8, 4) is 0 Å². The Balaban J connectivity index is 1.96. The van der Waals surface area contributed by atoms with E-state index in [9.17, 15) is 4.79 Å². The zero-order valence-electron chi connectivity index (χ0n) is 9.11. The molecule has 1 aromatic carbocycles. The van der Waals surface area contributed by atoms with Crippen LogP contribution in [0.1, 0.15) is 25.7 Å². The van der Waals surface area contributed by atoms with E-state index in [0.29, 0.717) is 5.25 Å². The first-order valence-electron chi connectivity index (χ1n) is 5.91. The van der Waals surface area contributed by atoms with Gasteiger partial charge >= 0.3 is 0 Å². The van der Waals surface area contributed by atoms with Crippen molar-refractivity contribution in [1.29, 1.82) is 0 Å². The number of fused-ring (bicyclic) bond motifs is 2. The molecule has 3 heteroatoms. The second-order valence-corrected chi connectivity index (χ2v) is 5.81. The van der Waals surface area contributed by atoms with Crippen LogP contribution in [0, 0.1) is 5.92 Å². The van der Waals surface area contributed by atoms with Crippen LogP contribution in [0.15, 0.2) is 29.2 Å². The van der Waals surface area contributed by atoms with Gasteiger partial charge in [0.15, 0.2) is 0 Å². The van der Waals surface area contributed by atoms with E-state index in [1.165, 1.54) is 24.2 Å². The minimum Gasteiger partial charge on any atom is -0.325 e. The fraction of sp³-hybridized carbons (Fsp3) is 0.462. The van der Waals surface area contributed by atoms with Crippen molar-refractivity contribution in [2.75, 3.05) is 5.32 Å². The van der Waals surface area contributed by atoms with Gasteiger partial charge in [0.2, 0.25) is 5.91 Å². The van der Waals surface area contributed by atoms with E-state index in [1.807, 2.05) is 30.0 Å². The summed E-state index contributed by atoms with van der Waals surface area (Å²) in [6, 6.07) is 8.13. The number of thioether (sulfide) groups is 1. The van der Waals surface area contributed by atoms with Crippen LogP contribution in [-0.2, 0) is 4.79 Å². The Kier molecular flexibility index (Phi) is 2.64. The molecule has 1 N–H and O–H groups in total. The van der Waals surface area contributed by atoms with E-state index >= 15 is 0 Å². The van der Waals surface area contributed by atoms with Crippen LogP contribution in [0.4, 0.5) is 5.69 Å². The average molecular weight is 233 g/mol. The molecule has 1 aliphatic heterocycles. The fourth-order valence-electron chi connectivity index (χ4n) is 2.60. The van der Waals surface area contributed by atoms with E-state index < -0.39 is 0 Å². The lowest BCUT2D eigenvalue weighted by Crippen LogP contribution is -2.31. The van der Waals surface area contributed by atoms with Gasteiger partial charge in [-0.2, -0.15) is 0 Å². The second-order valence-electron chi connectivity index (χ2n) is 4.53. The van der Waals surface area contributed by atoms with Gasteiger partial charge < -0.3 is 5.32 Å². The van der Waals surface area contributed by atoms with Gasteiger partial charge in [-0.1, -0.05) is 25.0 Å². The lowest BCUT2D eigenvalue weighted by molar-refractivity contribution is -0.120. The van der Waals surface area contributed by atoms with Crippen molar-refractivity contribution in [1.82, 2.24) is 0 Å². The third kappa shape index (κ3) is 1.73. The molecular formula is C13H15NOS. The third-order valence-electron chi connectivity index (χ3n) is 3.46. The van der Waals surface area contributed by atoms with Crippen LogP contribution in [0.5, 0.6) is 0 Å². The minimum atomic E-state index is 0.214. The summed E-state index contributed by atoms with van der Waals surface area (Å²) >= 11 is 1.88. The summed E-state index contributed by atoms with van der Waals surface area (Å²) in [5.74, 6) is 0.438. The van der Waals surface area contributed by atoms with Crippen molar-refractivity contribution in [3.63, 3.8) is 0 Å². The highest BCUT2D eigenvalue weighted by molar-refractivity contribution is 8.00. The standard InChI is InChI=1S/C13H15NOS/c15-13-9-5-1-3-7-11(9)16-12-8-4-2-6-10(12)14-13/h2,4,6,8-9,11H,1,3,5,7H2,(H,14,15). The molecule has 1 heterocycles. The number of rotatable bonds is 0. The van der Waals surface area contributed by atoms with Gasteiger partial charge in [-0.15, -0.1) is 11.8 Å². The molecule has 1 aromatic rings. The molecule has 2 nitrogen and oxygen atoms in total. The number of hydrogen-bond donors (Lipinski definition) is 1. The number of benzene rings is 1. The van der Waals surface area contributed by atoms with Crippen LogP contribution < -0.4 is 5.32 Å². The molecule has 0 radical (unpaired) electrons. The molecule has 2 unspecified atom stereocenters. The number of carbonyl (C=O) groups is 1. The highest BCUT2D eigenvalue weighted by Gasteiger charge is 2.34. The summed E-state index contributed by atoms with van der Waals surface area (Å²) in [4.78, 5) is 13.3. The van der Waals surface area contributed by atoms with Crippen molar-refractivity contribution in [2.45, 2.75) is 35.8 Å². The Hall–Kier alpha value is -0.960. The maximum absolute atomic E-state index is 12.1. The first kappa shape index (κ1) is 10.2. The topological polar surface area (TPSA) is 29.1 Å². The van der Waals surface area contributed by atoms with E-state index in [0.717, 1.165) is 12.1 Å². The number of nitrogens with one attached hydrogen (secondary N) is 1. The molecule has 84 valence electrons. The quantitative estimate of drug-likeness (QED) is 0.745. The van der Waals surface area contributed by atoms with Crippen LogP contribution in [-0.4, -0.2) is 11.2 Å². The molecule has 1 saturated carbocycles. The molecule has 2 atom stereocenters. The molecule has 16 heavy (non-hydrogen) atoms. The zero-order chi connectivity index (χ0) is 11.0. The van der Waals surface area contributed by atoms with Gasteiger partial charge in [-0.3, -0.25) is 4.79 Å². The van der Waals surface area contributed by atoms with Crippen molar-refractivity contribution in [3.05, 3.63) is 24.3 Å². The zero-order valence-corrected chi connectivity index (χ0v) is 9.93. The van der Waals surface area contributed by atoms with Crippen LogP contribution >= 0.6 is 11.8 Å². The van der Waals surface area contributed by atoms with Crippen molar-refractivity contribution in [2.24, 2.45) is 5.92 Å². The van der Waals surface area contributed by atoms with E-state index in [-0.39, 0.29) is 11.8 Å². The normalized spacial score (nSPS) is 28.6.